The van der Waals surface area contributed by atoms with Crippen molar-refractivity contribution in [3.63, 3.8) is 0 Å². The Hall–Kier alpha value is -9.23. The third-order valence-corrected chi connectivity index (χ3v) is 16.7. The summed E-state index contributed by atoms with van der Waals surface area (Å²) in [6, 6.07) is 102. The second kappa shape index (κ2) is 16.1. The molecule has 0 N–H and O–H groups in total. The lowest BCUT2D eigenvalue weighted by molar-refractivity contribution is 1.76. The molecule has 16 aromatic rings. The van der Waals surface area contributed by atoms with Crippen molar-refractivity contribution in [1.29, 1.82) is 0 Å². The molecule has 0 aliphatic heterocycles. The van der Waals surface area contributed by atoms with Gasteiger partial charge < -0.3 is 0 Å². The first-order chi connectivity index (χ1) is 36.7. The van der Waals surface area contributed by atoms with Gasteiger partial charge in [0.15, 0.2) is 0 Å². The Morgan fingerprint density at radius 1 is 0.149 bits per heavy atom. The Morgan fingerprint density at radius 2 is 0.378 bits per heavy atom. The summed E-state index contributed by atoms with van der Waals surface area (Å²) in [5.41, 5.74) is 7.90. The molecule has 0 unspecified atom stereocenters. The van der Waals surface area contributed by atoms with Crippen LogP contribution >= 0.6 is 0 Å². The van der Waals surface area contributed by atoms with Gasteiger partial charge in [0.2, 0.25) is 13.4 Å². The van der Waals surface area contributed by atoms with Gasteiger partial charge in [-0.2, -0.15) is 0 Å². The minimum Gasteiger partial charge on any atom is -0.0663 e. The van der Waals surface area contributed by atoms with E-state index in [1.54, 1.807) is 0 Å². The number of hydrogen-bond acceptors (Lipinski definition) is 0. The van der Waals surface area contributed by atoms with E-state index in [-0.39, 0.29) is 13.4 Å². The van der Waals surface area contributed by atoms with Crippen molar-refractivity contribution in [2.75, 3.05) is 0 Å². The summed E-state index contributed by atoms with van der Waals surface area (Å²) in [6.07, 6.45) is 0. The van der Waals surface area contributed by atoms with Crippen LogP contribution < -0.4 is 32.8 Å². The summed E-state index contributed by atoms with van der Waals surface area (Å²) in [7, 11) is 0. The van der Waals surface area contributed by atoms with E-state index >= 15 is 0 Å². The SMILES string of the molecule is c1ccc2cc3c(B(c4cccc5cc6ccccc6cc45)c4ccc5ccc6ccc(B(c7cccc8cc9ccccc9cc78)c7cccc8cc9ccccc9cc78)c7ccc4c5c67)cccc3cc2c1. The first kappa shape index (κ1) is 41.4. The van der Waals surface area contributed by atoms with Gasteiger partial charge in [0.1, 0.15) is 0 Å². The minimum atomic E-state index is -0.0717. The predicted octanol–water partition coefficient (Wildman–Crippen LogP) is 14.8. The second-order valence-electron chi connectivity index (χ2n) is 20.7. The smallest absolute Gasteiger partial charge is 0.0663 e. The molecule has 16 rings (SSSR count). The molecule has 0 fully saturated rings. The molecule has 0 saturated carbocycles. The standard InChI is InChI=1S/C72H44B2/c1-5-17-51-41-61-55(37-47(51)13-1)21-9-25-65(61)73(66-26-10-22-56-38-48-14-2-6-18-52(48)42-62(56)66)69-35-31-45-29-30-46-32-36-70(60-34-33-59(69)71(45)72(46)60)74(67-27-11-23-57-39-49-15-3-7-19-53(49)43-63(57)67)68-28-12-24-58-40-50-16-4-8-20-54(50)44-64(58)68/h1-44H. The zero-order chi connectivity index (χ0) is 48.4. The van der Waals surface area contributed by atoms with Gasteiger partial charge in [0.25, 0.3) is 0 Å². The van der Waals surface area contributed by atoms with E-state index in [0.717, 1.165) is 0 Å². The Bertz CT molecular complexity index is 4440. The van der Waals surface area contributed by atoms with Crippen LogP contribution in [0.15, 0.2) is 267 Å². The molecule has 0 aliphatic carbocycles. The van der Waals surface area contributed by atoms with Gasteiger partial charge >= 0.3 is 0 Å². The van der Waals surface area contributed by atoms with Gasteiger partial charge in [-0.25, -0.2) is 0 Å². The first-order valence-corrected chi connectivity index (χ1v) is 26.0. The van der Waals surface area contributed by atoms with Gasteiger partial charge in [-0.3, -0.25) is 0 Å². The molecule has 0 amide bonds. The molecule has 2 heteroatoms. The Labute approximate surface area is 429 Å². The van der Waals surface area contributed by atoms with Crippen molar-refractivity contribution in [3.05, 3.63) is 267 Å². The lowest BCUT2D eigenvalue weighted by atomic mass is 9.34. The lowest BCUT2D eigenvalue weighted by Gasteiger charge is -2.25. The van der Waals surface area contributed by atoms with Crippen molar-refractivity contribution in [1.82, 2.24) is 0 Å². The van der Waals surface area contributed by atoms with Crippen LogP contribution in [-0.4, -0.2) is 13.4 Å². The van der Waals surface area contributed by atoms with Gasteiger partial charge in [-0.15, -0.1) is 0 Å². The lowest BCUT2D eigenvalue weighted by Crippen LogP contribution is -2.53. The van der Waals surface area contributed by atoms with E-state index in [1.807, 2.05) is 0 Å². The maximum Gasteiger partial charge on any atom is 0.243 e. The zero-order valence-corrected chi connectivity index (χ0v) is 40.6. The van der Waals surface area contributed by atoms with E-state index < -0.39 is 0 Å². The average Bonchev–Trinajstić information content (AvgIpc) is 3.46. The third-order valence-electron chi connectivity index (χ3n) is 16.7. The van der Waals surface area contributed by atoms with Gasteiger partial charge in [0.05, 0.1) is 0 Å². The fraction of sp³-hybridized carbons (Fsp3) is 0. The topological polar surface area (TPSA) is 0 Å². The summed E-state index contributed by atoms with van der Waals surface area (Å²) < 4.78 is 0. The molecule has 0 spiro atoms. The maximum atomic E-state index is 2.47. The Morgan fingerprint density at radius 3 is 0.662 bits per heavy atom. The van der Waals surface area contributed by atoms with Crippen LogP contribution in [0.5, 0.6) is 0 Å². The molecule has 0 heterocycles. The van der Waals surface area contributed by atoms with Crippen molar-refractivity contribution in [2.24, 2.45) is 0 Å². The molecule has 0 radical (unpaired) electrons. The number of hydrogen-bond donors (Lipinski definition) is 0. The second-order valence-corrected chi connectivity index (χ2v) is 20.7. The summed E-state index contributed by atoms with van der Waals surface area (Å²) in [4.78, 5) is 0. The van der Waals surface area contributed by atoms with Gasteiger partial charge in [-0.05, 0) is 167 Å². The normalized spacial score (nSPS) is 12.1. The summed E-state index contributed by atoms with van der Waals surface area (Å²) in [5, 5.41) is 28.0. The van der Waals surface area contributed by atoms with Crippen LogP contribution in [0.1, 0.15) is 0 Å². The fourth-order valence-electron chi connectivity index (χ4n) is 13.3. The van der Waals surface area contributed by atoms with Gasteiger partial charge in [0, 0.05) is 0 Å². The van der Waals surface area contributed by atoms with Gasteiger partial charge in [-0.1, -0.05) is 251 Å². The highest BCUT2D eigenvalue weighted by Gasteiger charge is 2.31. The molecule has 74 heavy (non-hydrogen) atoms. The minimum absolute atomic E-state index is 0.0717. The van der Waals surface area contributed by atoms with E-state index in [9.17, 15) is 0 Å². The van der Waals surface area contributed by atoms with Crippen molar-refractivity contribution < 1.29 is 0 Å². The largest absolute Gasteiger partial charge is 0.243 e. The molecule has 16 aromatic carbocycles. The van der Waals surface area contributed by atoms with Crippen LogP contribution in [-0.2, 0) is 0 Å². The molecule has 0 aliphatic rings. The highest BCUT2D eigenvalue weighted by Crippen LogP contribution is 2.35. The van der Waals surface area contributed by atoms with Crippen molar-refractivity contribution >= 4 is 165 Å². The molecule has 0 bridgehead atoms. The summed E-state index contributed by atoms with van der Waals surface area (Å²) in [5.74, 6) is 0. The van der Waals surface area contributed by atoms with Crippen molar-refractivity contribution in [2.45, 2.75) is 0 Å². The molecule has 0 saturated heterocycles. The third kappa shape index (κ3) is 6.31. The number of rotatable bonds is 6. The van der Waals surface area contributed by atoms with E-state index in [4.69, 9.17) is 0 Å². The maximum absolute atomic E-state index is 2.47. The van der Waals surface area contributed by atoms with Crippen LogP contribution in [0.3, 0.4) is 0 Å². The molecule has 0 atom stereocenters. The Kier molecular flexibility index (Phi) is 9.03. The quantitative estimate of drug-likeness (QED) is 0.0885. The molecule has 0 nitrogen and oxygen atoms in total. The van der Waals surface area contributed by atoms with Crippen LogP contribution in [0.25, 0.3) is 118 Å². The highest BCUT2D eigenvalue weighted by molar-refractivity contribution is 7.00. The zero-order valence-electron chi connectivity index (χ0n) is 40.6. The van der Waals surface area contributed by atoms with E-state index in [2.05, 4.69) is 267 Å². The predicted molar refractivity (Wildman–Crippen MR) is 325 cm³/mol. The molecular formula is C72H44B2. The molecular weight excluding hydrogens is 886 g/mol. The van der Waals surface area contributed by atoms with Crippen LogP contribution in [0, 0.1) is 0 Å². The van der Waals surface area contributed by atoms with E-state index in [0.29, 0.717) is 0 Å². The highest BCUT2D eigenvalue weighted by atomic mass is 14.2. The number of fused-ring (bicyclic) bond motifs is 8. The first-order valence-electron chi connectivity index (χ1n) is 26.0. The molecule has 0 aromatic heterocycles. The number of benzene rings is 16. The van der Waals surface area contributed by atoms with Crippen molar-refractivity contribution in [3.8, 4) is 0 Å². The van der Waals surface area contributed by atoms with E-state index in [1.165, 1.54) is 151 Å². The average molecular weight is 931 g/mol. The van der Waals surface area contributed by atoms with Crippen LogP contribution in [0.4, 0.5) is 0 Å². The summed E-state index contributed by atoms with van der Waals surface area (Å²) >= 11 is 0. The monoisotopic (exact) mass is 930 g/mol. The fourth-order valence-corrected chi connectivity index (χ4v) is 13.3. The summed E-state index contributed by atoms with van der Waals surface area (Å²) in [6.45, 7) is -0.143. The molecule has 338 valence electrons. The Balaban J connectivity index is 0.994. The van der Waals surface area contributed by atoms with Crippen LogP contribution in [0.2, 0.25) is 0 Å².